The van der Waals surface area contributed by atoms with Crippen molar-refractivity contribution in [1.82, 2.24) is 9.97 Å². The van der Waals surface area contributed by atoms with E-state index in [0.29, 0.717) is 6.61 Å². The lowest BCUT2D eigenvalue weighted by atomic mass is 10.00. The van der Waals surface area contributed by atoms with Gasteiger partial charge < -0.3 is 9.64 Å². The molecule has 1 aliphatic rings. The van der Waals surface area contributed by atoms with Crippen molar-refractivity contribution in [2.75, 3.05) is 24.6 Å². The van der Waals surface area contributed by atoms with Gasteiger partial charge in [0.1, 0.15) is 6.10 Å². The molecule has 1 aromatic carbocycles. The number of rotatable bonds is 2. The standard InChI is InChI=1S/C16H19N3O/c1-12-4-5-14(13(2)10-12)15-11-19(8-9-20-15)16-17-6-3-7-18-16/h3-7,10,15H,8-9,11H2,1-2H3. The molecule has 1 aromatic heterocycles. The van der Waals surface area contributed by atoms with Crippen molar-refractivity contribution in [2.24, 2.45) is 0 Å². The smallest absolute Gasteiger partial charge is 0.225 e. The molecule has 1 unspecified atom stereocenters. The lowest BCUT2D eigenvalue weighted by Crippen LogP contribution is -2.39. The molecule has 2 aromatic rings. The number of ether oxygens (including phenoxy) is 1. The van der Waals surface area contributed by atoms with Crippen molar-refractivity contribution in [3.8, 4) is 0 Å². The summed E-state index contributed by atoms with van der Waals surface area (Å²) in [7, 11) is 0. The molecular formula is C16H19N3O. The third kappa shape index (κ3) is 2.65. The third-order valence-electron chi connectivity index (χ3n) is 3.67. The monoisotopic (exact) mass is 269 g/mol. The number of anilines is 1. The first-order valence-corrected chi connectivity index (χ1v) is 6.95. The minimum absolute atomic E-state index is 0.0909. The quantitative estimate of drug-likeness (QED) is 0.840. The van der Waals surface area contributed by atoms with E-state index < -0.39 is 0 Å². The van der Waals surface area contributed by atoms with Crippen molar-refractivity contribution < 1.29 is 4.74 Å². The number of benzene rings is 1. The van der Waals surface area contributed by atoms with Crippen molar-refractivity contribution in [2.45, 2.75) is 20.0 Å². The van der Waals surface area contributed by atoms with Gasteiger partial charge in [0, 0.05) is 18.9 Å². The zero-order valence-electron chi connectivity index (χ0n) is 11.9. The van der Waals surface area contributed by atoms with E-state index in [1.54, 1.807) is 12.4 Å². The number of morpholine rings is 1. The fourth-order valence-electron chi connectivity index (χ4n) is 2.66. The zero-order chi connectivity index (χ0) is 13.9. The van der Waals surface area contributed by atoms with Gasteiger partial charge in [0.05, 0.1) is 13.2 Å². The molecule has 1 fully saturated rings. The Labute approximate surface area is 119 Å². The topological polar surface area (TPSA) is 38.2 Å². The molecule has 2 heterocycles. The number of hydrogen-bond donors (Lipinski definition) is 0. The van der Waals surface area contributed by atoms with E-state index in [4.69, 9.17) is 4.74 Å². The van der Waals surface area contributed by atoms with Crippen LogP contribution in [0.15, 0.2) is 36.7 Å². The maximum atomic E-state index is 5.94. The summed E-state index contributed by atoms with van der Waals surface area (Å²) >= 11 is 0. The SMILES string of the molecule is Cc1ccc(C2CN(c3ncccn3)CCO2)c(C)c1. The molecule has 1 atom stereocenters. The molecule has 1 aliphatic heterocycles. The van der Waals surface area contributed by atoms with Crippen LogP contribution < -0.4 is 4.90 Å². The second-order valence-corrected chi connectivity index (χ2v) is 5.21. The van der Waals surface area contributed by atoms with Crippen molar-refractivity contribution in [3.05, 3.63) is 53.3 Å². The molecule has 0 radical (unpaired) electrons. The largest absolute Gasteiger partial charge is 0.370 e. The van der Waals surface area contributed by atoms with E-state index in [9.17, 15) is 0 Å². The Kier molecular flexibility index (Phi) is 3.65. The molecule has 0 amide bonds. The molecule has 0 saturated carbocycles. The lowest BCUT2D eigenvalue weighted by molar-refractivity contribution is 0.0388. The van der Waals surface area contributed by atoms with Gasteiger partial charge in [-0.2, -0.15) is 0 Å². The predicted molar refractivity (Wildman–Crippen MR) is 78.9 cm³/mol. The molecule has 0 bridgehead atoms. The van der Waals surface area contributed by atoms with Gasteiger partial charge >= 0.3 is 0 Å². The zero-order valence-corrected chi connectivity index (χ0v) is 11.9. The average molecular weight is 269 g/mol. The van der Waals surface area contributed by atoms with Crippen LogP contribution in [0.4, 0.5) is 5.95 Å². The normalized spacial score (nSPS) is 19.1. The Morgan fingerprint density at radius 2 is 2.00 bits per heavy atom. The summed E-state index contributed by atoms with van der Waals surface area (Å²) in [5.74, 6) is 0.783. The Bertz CT molecular complexity index is 586. The highest BCUT2D eigenvalue weighted by atomic mass is 16.5. The molecule has 4 nitrogen and oxygen atoms in total. The highest BCUT2D eigenvalue weighted by molar-refractivity contribution is 5.36. The summed E-state index contributed by atoms with van der Waals surface area (Å²) in [6.07, 6.45) is 3.65. The molecular weight excluding hydrogens is 250 g/mol. The molecule has 3 rings (SSSR count). The maximum Gasteiger partial charge on any atom is 0.225 e. The molecule has 0 aliphatic carbocycles. The van der Waals surface area contributed by atoms with Gasteiger partial charge in [0.2, 0.25) is 5.95 Å². The van der Waals surface area contributed by atoms with E-state index >= 15 is 0 Å². The fourth-order valence-corrected chi connectivity index (χ4v) is 2.66. The van der Waals surface area contributed by atoms with Gasteiger partial charge in [0.25, 0.3) is 0 Å². The average Bonchev–Trinajstić information content (AvgIpc) is 2.48. The molecule has 0 spiro atoms. The maximum absolute atomic E-state index is 5.94. The van der Waals surface area contributed by atoms with Crippen molar-refractivity contribution in [1.29, 1.82) is 0 Å². The van der Waals surface area contributed by atoms with Crippen molar-refractivity contribution in [3.63, 3.8) is 0 Å². The van der Waals surface area contributed by atoms with E-state index in [0.717, 1.165) is 19.0 Å². The highest BCUT2D eigenvalue weighted by Crippen LogP contribution is 2.27. The first kappa shape index (κ1) is 13.1. The number of aromatic nitrogens is 2. The Morgan fingerprint density at radius 3 is 2.75 bits per heavy atom. The minimum Gasteiger partial charge on any atom is -0.370 e. The van der Waals surface area contributed by atoms with Crippen LogP contribution in [0, 0.1) is 13.8 Å². The van der Waals surface area contributed by atoms with E-state index in [2.05, 4.69) is 46.9 Å². The van der Waals surface area contributed by atoms with Gasteiger partial charge in [0.15, 0.2) is 0 Å². The van der Waals surface area contributed by atoms with Crippen LogP contribution in [0.5, 0.6) is 0 Å². The summed E-state index contributed by atoms with van der Waals surface area (Å²) in [4.78, 5) is 10.8. The fraction of sp³-hybridized carbons (Fsp3) is 0.375. The number of aryl methyl sites for hydroxylation is 2. The van der Waals surface area contributed by atoms with E-state index in [1.165, 1.54) is 16.7 Å². The third-order valence-corrected chi connectivity index (χ3v) is 3.67. The van der Waals surface area contributed by atoms with E-state index in [-0.39, 0.29) is 6.10 Å². The molecule has 4 heteroatoms. The van der Waals surface area contributed by atoms with Gasteiger partial charge in [-0.05, 0) is 31.0 Å². The van der Waals surface area contributed by atoms with Crippen molar-refractivity contribution >= 4 is 5.95 Å². The molecule has 0 N–H and O–H groups in total. The highest BCUT2D eigenvalue weighted by Gasteiger charge is 2.24. The van der Waals surface area contributed by atoms with Crippen LogP contribution in [0.3, 0.4) is 0 Å². The Balaban J connectivity index is 1.81. The van der Waals surface area contributed by atoms with Crippen LogP contribution in [0.2, 0.25) is 0 Å². The Hall–Kier alpha value is -1.94. The lowest BCUT2D eigenvalue weighted by Gasteiger charge is -2.33. The number of nitrogens with zero attached hydrogens (tertiary/aromatic N) is 3. The van der Waals surface area contributed by atoms with Crippen LogP contribution in [0.25, 0.3) is 0 Å². The van der Waals surface area contributed by atoms with Crippen LogP contribution in [0.1, 0.15) is 22.8 Å². The summed E-state index contributed by atoms with van der Waals surface area (Å²) in [5.41, 5.74) is 3.83. The summed E-state index contributed by atoms with van der Waals surface area (Å²) in [6, 6.07) is 8.36. The summed E-state index contributed by atoms with van der Waals surface area (Å²) in [5, 5.41) is 0. The molecule has 104 valence electrons. The van der Waals surface area contributed by atoms with E-state index in [1.807, 2.05) is 6.07 Å². The second kappa shape index (κ2) is 5.59. The molecule has 20 heavy (non-hydrogen) atoms. The van der Waals surface area contributed by atoms with Gasteiger partial charge in [-0.25, -0.2) is 9.97 Å². The minimum atomic E-state index is 0.0909. The molecule has 1 saturated heterocycles. The van der Waals surface area contributed by atoms with Gasteiger partial charge in [-0.1, -0.05) is 23.8 Å². The van der Waals surface area contributed by atoms with Crippen LogP contribution >= 0.6 is 0 Å². The Morgan fingerprint density at radius 1 is 1.20 bits per heavy atom. The van der Waals surface area contributed by atoms with Gasteiger partial charge in [-0.15, -0.1) is 0 Å². The first-order valence-electron chi connectivity index (χ1n) is 6.95. The predicted octanol–water partition coefficient (Wildman–Crippen LogP) is 2.67. The summed E-state index contributed by atoms with van der Waals surface area (Å²) < 4.78 is 5.94. The number of hydrogen-bond acceptors (Lipinski definition) is 4. The van der Waals surface area contributed by atoms with Crippen LogP contribution in [-0.2, 0) is 4.74 Å². The summed E-state index contributed by atoms with van der Waals surface area (Å²) in [6.45, 7) is 6.60. The van der Waals surface area contributed by atoms with Gasteiger partial charge in [-0.3, -0.25) is 0 Å². The van der Waals surface area contributed by atoms with Crippen LogP contribution in [-0.4, -0.2) is 29.7 Å². The second-order valence-electron chi connectivity index (χ2n) is 5.21. The first-order chi connectivity index (χ1) is 9.74.